The Labute approximate surface area is 179 Å². The maximum absolute atomic E-state index is 12.1. The number of hydrogen-bond donors (Lipinski definition) is 2. The molecule has 0 radical (unpaired) electrons. The summed E-state index contributed by atoms with van der Waals surface area (Å²) in [5, 5.41) is 5.62. The van der Waals surface area contributed by atoms with Crippen LogP contribution in [0, 0.1) is 0 Å². The van der Waals surface area contributed by atoms with Gasteiger partial charge in [-0.1, -0.05) is 12.1 Å². The lowest BCUT2D eigenvalue weighted by Crippen LogP contribution is -2.31. The maximum atomic E-state index is 12.1. The van der Waals surface area contributed by atoms with Crippen LogP contribution in [0.2, 0.25) is 0 Å². The van der Waals surface area contributed by atoms with E-state index in [1.165, 1.54) is 0 Å². The van der Waals surface area contributed by atoms with Crippen molar-refractivity contribution in [3.05, 3.63) is 59.9 Å². The predicted octanol–water partition coefficient (Wildman–Crippen LogP) is 5.11. The average Bonchev–Trinajstić information content (AvgIpc) is 3.17. The minimum Gasteiger partial charge on any atom is -0.444 e. The Morgan fingerprint density at radius 1 is 1.10 bits per heavy atom. The number of nitrogens with zero attached hydrogens (tertiary/aromatic N) is 1. The minimum absolute atomic E-state index is 0.0139. The van der Waals surface area contributed by atoms with Gasteiger partial charge in [-0.25, -0.2) is 4.79 Å². The zero-order chi connectivity index (χ0) is 21.3. The van der Waals surface area contributed by atoms with E-state index in [2.05, 4.69) is 21.7 Å². The molecule has 2 aromatic heterocycles. The van der Waals surface area contributed by atoms with E-state index < -0.39 is 11.7 Å². The zero-order valence-corrected chi connectivity index (χ0v) is 17.9. The Morgan fingerprint density at radius 2 is 1.87 bits per heavy atom. The number of fused-ring (bicyclic) bond motifs is 1. The molecular weight excluding hydrogens is 398 g/mol. The highest BCUT2D eigenvalue weighted by molar-refractivity contribution is 7.18. The summed E-state index contributed by atoms with van der Waals surface area (Å²) in [6.07, 6.45) is 3.70. The summed E-state index contributed by atoms with van der Waals surface area (Å²) in [5.41, 5.74) is 3.75. The third kappa shape index (κ3) is 4.52. The second kappa shape index (κ2) is 7.91. The molecule has 0 saturated heterocycles. The zero-order valence-electron chi connectivity index (χ0n) is 17.1. The van der Waals surface area contributed by atoms with Crippen molar-refractivity contribution in [2.45, 2.75) is 32.8 Å². The lowest BCUT2D eigenvalue weighted by molar-refractivity contribution is 0.0635. The van der Waals surface area contributed by atoms with Crippen LogP contribution >= 0.6 is 11.3 Å². The van der Waals surface area contributed by atoms with Gasteiger partial charge in [0.25, 0.3) is 5.91 Å². The van der Waals surface area contributed by atoms with Crippen molar-refractivity contribution >= 4 is 29.0 Å². The quantitative estimate of drug-likeness (QED) is 0.616. The fourth-order valence-electron chi connectivity index (χ4n) is 3.28. The number of carbonyl (C=O) groups is 2. The molecule has 0 fully saturated rings. The third-order valence-corrected chi connectivity index (χ3v) is 5.78. The van der Waals surface area contributed by atoms with Crippen molar-refractivity contribution in [1.82, 2.24) is 10.3 Å². The second-order valence-electron chi connectivity index (χ2n) is 8.13. The van der Waals surface area contributed by atoms with Crippen LogP contribution < -0.4 is 10.6 Å². The van der Waals surface area contributed by atoms with Crippen molar-refractivity contribution in [1.29, 1.82) is 0 Å². The van der Waals surface area contributed by atoms with E-state index in [1.807, 2.05) is 51.1 Å². The van der Waals surface area contributed by atoms with E-state index >= 15 is 0 Å². The van der Waals surface area contributed by atoms with E-state index in [1.54, 1.807) is 23.7 Å². The number of anilines is 1. The molecule has 0 unspecified atom stereocenters. The number of aromatic nitrogens is 1. The Morgan fingerprint density at radius 3 is 2.63 bits per heavy atom. The van der Waals surface area contributed by atoms with Crippen molar-refractivity contribution in [2.24, 2.45) is 0 Å². The molecule has 0 spiro atoms. The number of pyridine rings is 1. The van der Waals surface area contributed by atoms with E-state index in [9.17, 15) is 9.59 Å². The summed E-state index contributed by atoms with van der Waals surface area (Å²) in [4.78, 5) is 30.5. The number of hydrogen-bond acceptors (Lipinski definition) is 5. The molecule has 30 heavy (non-hydrogen) atoms. The number of amides is 2. The molecule has 1 aromatic carbocycles. The Bertz CT molecular complexity index is 1110. The molecule has 3 heterocycles. The molecule has 6 nitrogen and oxygen atoms in total. The molecule has 1 aliphatic rings. The van der Waals surface area contributed by atoms with Crippen LogP contribution in [-0.2, 0) is 11.2 Å². The largest absolute Gasteiger partial charge is 0.444 e. The Balaban J connectivity index is 1.55. The first-order chi connectivity index (χ1) is 14.3. The second-order valence-corrected chi connectivity index (χ2v) is 9.21. The fraction of sp³-hybridized carbons (Fsp3) is 0.261. The first kappa shape index (κ1) is 20.1. The van der Waals surface area contributed by atoms with Crippen molar-refractivity contribution in [3.63, 3.8) is 0 Å². The van der Waals surface area contributed by atoms with Gasteiger partial charge in [0.15, 0.2) is 0 Å². The predicted molar refractivity (Wildman–Crippen MR) is 119 cm³/mol. The number of thiophene rings is 1. The summed E-state index contributed by atoms with van der Waals surface area (Å²) >= 11 is 1.61. The first-order valence-electron chi connectivity index (χ1n) is 9.75. The standard InChI is InChI=1S/C23H23N3O3S/c1-23(2,3)29-22(28)26-17-10-16(12-24-13-17)20-7-6-19(30-20)15-5-4-14-8-9-25-21(27)18(14)11-15/h4-7,10-13H,8-9H2,1-3H3,(H,25,27)(H,26,28). The maximum Gasteiger partial charge on any atom is 0.412 e. The van der Waals surface area contributed by atoms with E-state index in [-0.39, 0.29) is 5.91 Å². The van der Waals surface area contributed by atoms with Gasteiger partial charge in [-0.15, -0.1) is 11.3 Å². The van der Waals surface area contributed by atoms with Crippen LogP contribution in [-0.4, -0.2) is 29.1 Å². The average molecular weight is 422 g/mol. The van der Waals surface area contributed by atoms with Crippen molar-refractivity contribution in [3.8, 4) is 20.9 Å². The number of carbonyl (C=O) groups excluding carboxylic acids is 2. The molecule has 3 aromatic rings. The molecule has 2 amide bonds. The number of benzene rings is 1. The Hall–Kier alpha value is -3.19. The van der Waals surface area contributed by atoms with Crippen molar-refractivity contribution in [2.75, 3.05) is 11.9 Å². The van der Waals surface area contributed by atoms with Crippen LogP contribution in [0.25, 0.3) is 20.9 Å². The van der Waals surface area contributed by atoms with Gasteiger partial charge in [0.05, 0.1) is 11.9 Å². The molecule has 0 aliphatic carbocycles. The van der Waals surface area contributed by atoms with Crippen molar-refractivity contribution < 1.29 is 14.3 Å². The monoisotopic (exact) mass is 421 g/mol. The van der Waals surface area contributed by atoms with E-state index in [0.29, 0.717) is 12.2 Å². The van der Waals surface area contributed by atoms with Gasteiger partial charge in [0.1, 0.15) is 5.60 Å². The third-order valence-electron chi connectivity index (χ3n) is 4.59. The normalized spacial score (nSPS) is 13.4. The number of rotatable bonds is 3. The lowest BCUT2D eigenvalue weighted by atomic mass is 9.97. The van der Waals surface area contributed by atoms with Gasteiger partial charge in [0, 0.05) is 33.6 Å². The van der Waals surface area contributed by atoms with Crippen LogP contribution in [0.5, 0.6) is 0 Å². The van der Waals surface area contributed by atoms with Crippen LogP contribution in [0.4, 0.5) is 10.5 Å². The number of nitrogens with one attached hydrogen (secondary N) is 2. The van der Waals surface area contributed by atoms with Crippen LogP contribution in [0.3, 0.4) is 0 Å². The van der Waals surface area contributed by atoms with Gasteiger partial charge >= 0.3 is 6.09 Å². The summed E-state index contributed by atoms with van der Waals surface area (Å²) in [7, 11) is 0. The smallest absolute Gasteiger partial charge is 0.412 e. The summed E-state index contributed by atoms with van der Waals surface area (Å²) < 4.78 is 5.30. The van der Waals surface area contributed by atoms with Gasteiger partial charge in [-0.3, -0.25) is 15.1 Å². The lowest BCUT2D eigenvalue weighted by Gasteiger charge is -2.19. The summed E-state index contributed by atoms with van der Waals surface area (Å²) in [6, 6.07) is 12.0. The minimum atomic E-state index is -0.566. The molecule has 0 bridgehead atoms. The van der Waals surface area contributed by atoms with Gasteiger partial charge in [0.2, 0.25) is 0 Å². The molecule has 1 aliphatic heterocycles. The molecule has 2 N–H and O–H groups in total. The molecule has 0 saturated carbocycles. The van der Waals surface area contributed by atoms with Crippen LogP contribution in [0.1, 0.15) is 36.7 Å². The van der Waals surface area contributed by atoms with Gasteiger partial charge < -0.3 is 10.1 Å². The molecule has 7 heteroatoms. The molecule has 0 atom stereocenters. The van der Waals surface area contributed by atoms with Gasteiger partial charge in [-0.2, -0.15) is 0 Å². The van der Waals surface area contributed by atoms with E-state index in [4.69, 9.17) is 4.74 Å². The highest BCUT2D eigenvalue weighted by Crippen LogP contribution is 2.36. The fourth-order valence-corrected chi connectivity index (χ4v) is 4.26. The number of ether oxygens (including phenoxy) is 1. The topological polar surface area (TPSA) is 80.3 Å². The SMILES string of the molecule is CC(C)(C)OC(=O)Nc1cncc(-c2ccc(-c3ccc4c(c3)C(=O)NCC4)s2)c1. The first-order valence-corrected chi connectivity index (χ1v) is 10.6. The van der Waals surface area contributed by atoms with E-state index in [0.717, 1.165) is 38.4 Å². The molecule has 4 rings (SSSR count). The highest BCUT2D eigenvalue weighted by atomic mass is 32.1. The molecular formula is C23H23N3O3S. The van der Waals surface area contributed by atoms with Crippen LogP contribution in [0.15, 0.2) is 48.8 Å². The van der Waals surface area contributed by atoms with Gasteiger partial charge in [-0.05, 0) is 62.6 Å². The Kier molecular flexibility index (Phi) is 5.30. The summed E-state index contributed by atoms with van der Waals surface area (Å²) in [5.74, 6) is -0.0139. The molecule has 154 valence electrons. The summed E-state index contributed by atoms with van der Waals surface area (Å²) in [6.45, 7) is 6.14. The highest BCUT2D eigenvalue weighted by Gasteiger charge is 2.18.